The maximum absolute atomic E-state index is 10.2. The molecule has 0 fully saturated rings. The topological polar surface area (TPSA) is 40.5 Å². The summed E-state index contributed by atoms with van der Waals surface area (Å²) in [5, 5.41) is 8.41. The van der Waals surface area contributed by atoms with Crippen molar-refractivity contribution in [1.29, 1.82) is 0 Å². The van der Waals surface area contributed by atoms with Crippen LogP contribution in [0.5, 0.6) is 0 Å². The lowest BCUT2D eigenvalue weighted by Crippen LogP contribution is -2.01. The first-order chi connectivity index (χ1) is 4.61. The third-order valence-electron chi connectivity index (χ3n) is 1.16. The van der Waals surface area contributed by atoms with Crippen LogP contribution in [0.15, 0.2) is 23.4 Å². The minimum Gasteiger partial charge on any atom is -0.478 e. The standard InChI is InChI=1S/C7H9NO2/c1-8(2)4-5-3-6(5)7(9)10/h3-4H,1-2H3,(H,9,10)/b5-4+. The summed E-state index contributed by atoms with van der Waals surface area (Å²) in [5.74, 6) is -0.840. The van der Waals surface area contributed by atoms with E-state index in [1.807, 2.05) is 19.0 Å². The van der Waals surface area contributed by atoms with Crippen molar-refractivity contribution in [2.45, 2.75) is 0 Å². The van der Waals surface area contributed by atoms with Crippen LogP contribution in [0.1, 0.15) is 0 Å². The first kappa shape index (κ1) is 6.86. The Balaban J connectivity index is 2.50. The van der Waals surface area contributed by atoms with E-state index in [-0.39, 0.29) is 0 Å². The normalized spacial score (nSPS) is 18.6. The molecule has 1 rings (SSSR count). The number of carboxylic acid groups (broad SMARTS) is 1. The highest BCUT2D eigenvalue weighted by atomic mass is 16.4. The van der Waals surface area contributed by atoms with Crippen LogP contribution in [-0.2, 0) is 4.79 Å². The average Bonchev–Trinajstić information content (AvgIpc) is 2.43. The molecule has 1 N–H and O–H groups in total. The van der Waals surface area contributed by atoms with Gasteiger partial charge in [0.1, 0.15) is 0 Å². The molecule has 0 aromatic rings. The predicted octanol–water partition coefficient (Wildman–Crippen LogP) is 0.456. The fourth-order valence-corrected chi connectivity index (χ4v) is 0.690. The first-order valence-corrected chi connectivity index (χ1v) is 2.95. The van der Waals surface area contributed by atoms with Gasteiger partial charge in [0.15, 0.2) is 0 Å². The maximum atomic E-state index is 10.2. The largest absolute Gasteiger partial charge is 0.478 e. The Morgan fingerprint density at radius 3 is 2.60 bits per heavy atom. The molecule has 1 aliphatic carbocycles. The lowest BCUT2D eigenvalue weighted by molar-refractivity contribution is -0.131. The number of hydrogen-bond acceptors (Lipinski definition) is 2. The smallest absolute Gasteiger partial charge is 0.336 e. The molecular weight excluding hydrogens is 130 g/mol. The van der Waals surface area contributed by atoms with Crippen molar-refractivity contribution in [3.8, 4) is 0 Å². The van der Waals surface area contributed by atoms with Crippen LogP contribution >= 0.6 is 0 Å². The van der Waals surface area contributed by atoms with E-state index in [9.17, 15) is 4.79 Å². The highest BCUT2D eigenvalue weighted by Gasteiger charge is 2.23. The summed E-state index contributed by atoms with van der Waals surface area (Å²) >= 11 is 0. The summed E-state index contributed by atoms with van der Waals surface area (Å²) < 4.78 is 0. The highest BCUT2D eigenvalue weighted by Crippen LogP contribution is 2.27. The molecule has 0 aliphatic heterocycles. The van der Waals surface area contributed by atoms with Crippen molar-refractivity contribution in [2.24, 2.45) is 0 Å². The Morgan fingerprint density at radius 1 is 1.70 bits per heavy atom. The number of hydrogen-bond donors (Lipinski definition) is 1. The quantitative estimate of drug-likeness (QED) is 0.604. The second-order valence-corrected chi connectivity index (χ2v) is 2.41. The summed E-state index contributed by atoms with van der Waals surface area (Å²) in [6, 6.07) is 0. The highest BCUT2D eigenvalue weighted by molar-refractivity contribution is 6.00. The van der Waals surface area contributed by atoms with Crippen LogP contribution < -0.4 is 0 Å². The molecule has 0 aromatic carbocycles. The number of allylic oxidation sites excluding steroid dienone is 1. The molecule has 3 nitrogen and oxygen atoms in total. The van der Waals surface area contributed by atoms with Crippen molar-refractivity contribution in [3.63, 3.8) is 0 Å². The fraction of sp³-hybridized carbons (Fsp3) is 0.286. The number of aliphatic carboxylic acids is 1. The minimum atomic E-state index is -0.840. The van der Waals surface area contributed by atoms with E-state index in [4.69, 9.17) is 5.11 Å². The number of nitrogens with zero attached hydrogens (tertiary/aromatic N) is 1. The lowest BCUT2D eigenvalue weighted by atomic mass is 10.4. The van der Waals surface area contributed by atoms with Gasteiger partial charge in [0, 0.05) is 25.9 Å². The third-order valence-corrected chi connectivity index (χ3v) is 1.16. The minimum absolute atomic E-state index is 0.425. The van der Waals surface area contributed by atoms with Crippen LogP contribution in [0.3, 0.4) is 0 Å². The summed E-state index contributed by atoms with van der Waals surface area (Å²) in [7, 11) is 3.72. The zero-order chi connectivity index (χ0) is 7.72. The van der Waals surface area contributed by atoms with Gasteiger partial charge in [-0.05, 0) is 6.08 Å². The van der Waals surface area contributed by atoms with Crippen molar-refractivity contribution in [1.82, 2.24) is 4.90 Å². The van der Waals surface area contributed by atoms with Gasteiger partial charge in [-0.15, -0.1) is 0 Å². The van der Waals surface area contributed by atoms with Crippen molar-refractivity contribution in [3.05, 3.63) is 23.4 Å². The van der Waals surface area contributed by atoms with Gasteiger partial charge < -0.3 is 10.0 Å². The molecule has 0 radical (unpaired) electrons. The number of carboxylic acids is 1. The monoisotopic (exact) mass is 139 g/mol. The van der Waals surface area contributed by atoms with Crippen molar-refractivity contribution in [2.75, 3.05) is 14.1 Å². The first-order valence-electron chi connectivity index (χ1n) is 2.95. The van der Waals surface area contributed by atoms with Crippen molar-refractivity contribution >= 4 is 5.97 Å². The van der Waals surface area contributed by atoms with E-state index in [2.05, 4.69) is 0 Å². The Morgan fingerprint density at radius 2 is 2.30 bits per heavy atom. The van der Waals surface area contributed by atoms with Gasteiger partial charge >= 0.3 is 5.97 Å². The summed E-state index contributed by atoms with van der Waals surface area (Å²) in [6.45, 7) is 0. The molecule has 0 amide bonds. The molecule has 54 valence electrons. The lowest BCUT2D eigenvalue weighted by Gasteiger charge is -2.01. The number of rotatable bonds is 2. The van der Waals surface area contributed by atoms with E-state index in [1.165, 1.54) is 0 Å². The van der Waals surface area contributed by atoms with Gasteiger partial charge in [0.25, 0.3) is 0 Å². The molecule has 10 heavy (non-hydrogen) atoms. The molecule has 0 saturated carbocycles. The van der Waals surface area contributed by atoms with E-state index in [1.54, 1.807) is 12.3 Å². The van der Waals surface area contributed by atoms with Crippen LogP contribution in [0, 0.1) is 0 Å². The van der Waals surface area contributed by atoms with E-state index >= 15 is 0 Å². The average molecular weight is 139 g/mol. The molecular formula is C7H9NO2. The second-order valence-electron chi connectivity index (χ2n) is 2.41. The van der Waals surface area contributed by atoms with Gasteiger partial charge in [-0.25, -0.2) is 4.79 Å². The van der Waals surface area contributed by atoms with E-state index in [0.717, 1.165) is 5.57 Å². The molecule has 0 bridgehead atoms. The Labute approximate surface area is 59.3 Å². The molecule has 0 spiro atoms. The van der Waals surface area contributed by atoms with Crippen molar-refractivity contribution < 1.29 is 9.90 Å². The predicted molar refractivity (Wildman–Crippen MR) is 37.5 cm³/mol. The van der Waals surface area contributed by atoms with Gasteiger partial charge in [0.05, 0.1) is 5.57 Å². The van der Waals surface area contributed by atoms with Gasteiger partial charge in [0.2, 0.25) is 0 Å². The molecule has 0 unspecified atom stereocenters. The second kappa shape index (κ2) is 2.17. The Hall–Kier alpha value is -1.25. The Bertz CT molecular complexity index is 226. The summed E-state index contributed by atoms with van der Waals surface area (Å²) in [4.78, 5) is 12.0. The van der Waals surface area contributed by atoms with E-state index < -0.39 is 5.97 Å². The van der Waals surface area contributed by atoms with Gasteiger partial charge in [-0.1, -0.05) is 0 Å². The zero-order valence-electron chi connectivity index (χ0n) is 5.96. The van der Waals surface area contributed by atoms with Crippen LogP contribution in [0.2, 0.25) is 0 Å². The molecule has 0 aromatic heterocycles. The molecule has 0 heterocycles. The van der Waals surface area contributed by atoms with Gasteiger partial charge in [-0.3, -0.25) is 0 Å². The SMILES string of the molecule is CN(C)/C=C1C=C\1C(=O)O. The summed E-state index contributed by atoms with van der Waals surface area (Å²) in [6.07, 6.45) is 3.42. The van der Waals surface area contributed by atoms with Gasteiger partial charge in [-0.2, -0.15) is 0 Å². The molecule has 1 aliphatic rings. The molecule has 3 heteroatoms. The van der Waals surface area contributed by atoms with E-state index in [0.29, 0.717) is 5.57 Å². The number of carbonyl (C=O) groups is 1. The fourth-order valence-electron chi connectivity index (χ4n) is 0.690. The molecule has 0 saturated heterocycles. The zero-order valence-corrected chi connectivity index (χ0v) is 5.96. The Kier molecular flexibility index (Phi) is 1.49. The molecule has 0 atom stereocenters. The maximum Gasteiger partial charge on any atom is 0.336 e. The third kappa shape index (κ3) is 1.37. The summed E-state index contributed by atoms with van der Waals surface area (Å²) in [5.41, 5.74) is 1.24. The van der Waals surface area contributed by atoms with Crippen LogP contribution in [0.4, 0.5) is 0 Å². The van der Waals surface area contributed by atoms with Crippen LogP contribution in [0.25, 0.3) is 0 Å². The van der Waals surface area contributed by atoms with Crippen LogP contribution in [-0.4, -0.2) is 30.1 Å².